The summed E-state index contributed by atoms with van der Waals surface area (Å²) in [4.78, 5) is 37.4. The molecule has 1 aromatic carbocycles. The van der Waals surface area contributed by atoms with Crippen molar-refractivity contribution in [3.05, 3.63) is 59.0 Å². The second-order valence-corrected chi connectivity index (χ2v) is 10.2. The van der Waals surface area contributed by atoms with Crippen LogP contribution < -0.4 is 16.0 Å². The molecule has 1 aliphatic heterocycles. The Morgan fingerprint density at radius 3 is 2.62 bits per heavy atom. The summed E-state index contributed by atoms with van der Waals surface area (Å²) in [5.74, 6) is -0.241. The maximum absolute atomic E-state index is 13.2. The van der Waals surface area contributed by atoms with Crippen molar-refractivity contribution in [1.29, 1.82) is 0 Å². The molecule has 2 amide bonds. The van der Waals surface area contributed by atoms with Crippen molar-refractivity contribution in [1.82, 2.24) is 20.3 Å². The number of rotatable bonds is 6. The van der Waals surface area contributed by atoms with E-state index in [0.29, 0.717) is 47.6 Å². The zero-order valence-corrected chi connectivity index (χ0v) is 22.0. The minimum absolute atomic E-state index is 0.0399. The number of alkyl halides is 3. The lowest BCUT2D eigenvalue weighted by atomic mass is 10.0. The monoisotopic (exact) mass is 542 g/mol. The number of anilines is 3. The summed E-state index contributed by atoms with van der Waals surface area (Å²) in [6, 6.07) is 5.08. The number of ether oxygens (including phenoxy) is 1. The van der Waals surface area contributed by atoms with Gasteiger partial charge in [0.1, 0.15) is 5.60 Å². The molecule has 206 valence electrons. The second-order valence-electron chi connectivity index (χ2n) is 10.2. The van der Waals surface area contributed by atoms with Gasteiger partial charge in [-0.25, -0.2) is 14.8 Å². The largest absolute Gasteiger partial charge is 0.444 e. The number of aryl methyl sites for hydroxylation is 2. The molecule has 0 unspecified atom stereocenters. The van der Waals surface area contributed by atoms with Gasteiger partial charge < -0.3 is 20.7 Å². The molecule has 1 aliphatic rings. The Morgan fingerprint density at radius 2 is 1.90 bits per heavy atom. The molecule has 3 aromatic rings. The first kappa shape index (κ1) is 27.8. The molecule has 0 spiro atoms. The molecule has 0 bridgehead atoms. The number of fused-ring (bicyclic) bond motifs is 3. The van der Waals surface area contributed by atoms with E-state index in [1.165, 1.54) is 12.3 Å². The molecular weight excluding hydrogens is 513 g/mol. The predicted octanol–water partition coefficient (Wildman–Crippen LogP) is 5.56. The standard InChI is InChI=1S/C27H29F3N6O3/c1-15-20(10-16(13-32-15)6-5-9-31-25(38)39-26(2,3)4)35-24-33-14-17-11-22(37)34-21-12-18(27(28,29)30)7-8-19(21)23(17)36-24/h7-8,10,12-14H,5-6,9,11H2,1-4H3,(H,31,38)(H,34,37)(H,33,35,36). The molecular formula is C27H29F3N6O3. The van der Waals surface area contributed by atoms with Crippen LogP contribution in [0, 0.1) is 6.92 Å². The first-order valence-corrected chi connectivity index (χ1v) is 12.4. The predicted molar refractivity (Wildman–Crippen MR) is 140 cm³/mol. The van der Waals surface area contributed by atoms with E-state index in [-0.39, 0.29) is 18.1 Å². The van der Waals surface area contributed by atoms with E-state index in [2.05, 4.69) is 30.9 Å². The molecule has 0 saturated heterocycles. The number of alkyl carbamates (subject to hydrolysis) is 1. The topological polar surface area (TPSA) is 118 Å². The summed E-state index contributed by atoms with van der Waals surface area (Å²) in [5, 5.41) is 8.40. The second kappa shape index (κ2) is 10.9. The highest BCUT2D eigenvalue weighted by molar-refractivity contribution is 6.00. The summed E-state index contributed by atoms with van der Waals surface area (Å²) in [6.45, 7) is 7.64. The number of benzene rings is 1. The molecule has 0 aliphatic carbocycles. The number of hydrogen-bond donors (Lipinski definition) is 3. The summed E-state index contributed by atoms with van der Waals surface area (Å²) in [6.07, 6.45) is -0.542. The van der Waals surface area contributed by atoms with Crippen LogP contribution in [0.5, 0.6) is 0 Å². The van der Waals surface area contributed by atoms with Gasteiger partial charge in [0.25, 0.3) is 0 Å². The van der Waals surface area contributed by atoms with Crippen molar-refractivity contribution in [3.63, 3.8) is 0 Å². The van der Waals surface area contributed by atoms with Crippen LogP contribution in [0.2, 0.25) is 0 Å². The van der Waals surface area contributed by atoms with Gasteiger partial charge in [-0.05, 0) is 64.3 Å². The highest BCUT2D eigenvalue weighted by atomic mass is 19.4. The van der Waals surface area contributed by atoms with E-state index in [1.807, 2.05) is 13.0 Å². The molecule has 3 heterocycles. The maximum atomic E-state index is 13.2. The Hall–Kier alpha value is -4.22. The number of nitrogens with zero attached hydrogens (tertiary/aromatic N) is 3. The third-order valence-corrected chi connectivity index (χ3v) is 5.79. The molecule has 9 nitrogen and oxygen atoms in total. The summed E-state index contributed by atoms with van der Waals surface area (Å²) >= 11 is 0. The van der Waals surface area contributed by atoms with Crippen LogP contribution in [0.3, 0.4) is 0 Å². The number of aromatic nitrogens is 3. The lowest BCUT2D eigenvalue weighted by Gasteiger charge is -2.19. The number of nitrogens with one attached hydrogen (secondary N) is 3. The molecule has 12 heteroatoms. The number of amides is 2. The van der Waals surface area contributed by atoms with Crippen molar-refractivity contribution in [2.75, 3.05) is 17.2 Å². The minimum atomic E-state index is -4.55. The van der Waals surface area contributed by atoms with Crippen molar-refractivity contribution in [2.45, 2.75) is 58.7 Å². The Balaban J connectivity index is 1.50. The molecule has 0 atom stereocenters. The van der Waals surface area contributed by atoms with Crippen LogP contribution >= 0.6 is 0 Å². The van der Waals surface area contributed by atoms with E-state index in [4.69, 9.17) is 4.74 Å². The van der Waals surface area contributed by atoms with Gasteiger partial charge in [0.2, 0.25) is 11.9 Å². The quantitative estimate of drug-likeness (QED) is 0.349. The number of carbonyl (C=O) groups is 2. The lowest BCUT2D eigenvalue weighted by molar-refractivity contribution is -0.137. The molecule has 0 saturated carbocycles. The summed E-state index contributed by atoms with van der Waals surface area (Å²) in [5.41, 5.74) is 2.11. The fraction of sp³-hybridized carbons (Fsp3) is 0.370. The average Bonchev–Trinajstić information content (AvgIpc) is 2.96. The third kappa shape index (κ3) is 7.21. The van der Waals surface area contributed by atoms with Crippen LogP contribution in [-0.4, -0.2) is 39.1 Å². The van der Waals surface area contributed by atoms with Gasteiger partial charge in [-0.1, -0.05) is 6.07 Å². The SMILES string of the molecule is Cc1ncc(CCCNC(=O)OC(C)(C)C)cc1Nc1ncc2c(n1)-c1ccc(C(F)(F)F)cc1NC(=O)C2. The maximum Gasteiger partial charge on any atom is 0.416 e. The normalized spacial score (nSPS) is 13.1. The number of halogens is 3. The molecule has 39 heavy (non-hydrogen) atoms. The van der Waals surface area contributed by atoms with E-state index in [1.54, 1.807) is 27.0 Å². The molecule has 2 aromatic heterocycles. The first-order chi connectivity index (χ1) is 18.3. The zero-order chi connectivity index (χ0) is 28.4. The van der Waals surface area contributed by atoms with Crippen LogP contribution in [-0.2, 0) is 28.5 Å². The number of hydrogen-bond acceptors (Lipinski definition) is 7. The smallest absolute Gasteiger partial charge is 0.416 e. The summed E-state index contributed by atoms with van der Waals surface area (Å²) in [7, 11) is 0. The Kier molecular flexibility index (Phi) is 7.75. The van der Waals surface area contributed by atoms with Crippen molar-refractivity contribution in [2.24, 2.45) is 0 Å². The Labute approximate surface area is 223 Å². The minimum Gasteiger partial charge on any atom is -0.444 e. The van der Waals surface area contributed by atoms with Gasteiger partial charge in [-0.15, -0.1) is 0 Å². The van der Waals surface area contributed by atoms with Crippen LogP contribution in [0.25, 0.3) is 11.3 Å². The van der Waals surface area contributed by atoms with E-state index in [0.717, 1.165) is 17.7 Å². The van der Waals surface area contributed by atoms with E-state index < -0.39 is 29.3 Å². The number of pyridine rings is 1. The van der Waals surface area contributed by atoms with Crippen molar-refractivity contribution in [3.8, 4) is 11.3 Å². The van der Waals surface area contributed by atoms with Crippen LogP contribution in [0.1, 0.15) is 49.6 Å². The van der Waals surface area contributed by atoms with Crippen LogP contribution in [0.15, 0.2) is 36.7 Å². The van der Waals surface area contributed by atoms with Crippen LogP contribution in [0.4, 0.5) is 35.3 Å². The Morgan fingerprint density at radius 1 is 1.13 bits per heavy atom. The fourth-order valence-electron chi connectivity index (χ4n) is 3.98. The highest BCUT2D eigenvalue weighted by Gasteiger charge is 2.32. The molecule has 0 radical (unpaired) electrons. The van der Waals surface area contributed by atoms with E-state index in [9.17, 15) is 22.8 Å². The fourth-order valence-corrected chi connectivity index (χ4v) is 3.98. The zero-order valence-electron chi connectivity index (χ0n) is 22.0. The molecule has 0 fully saturated rings. The molecule has 4 rings (SSSR count). The highest BCUT2D eigenvalue weighted by Crippen LogP contribution is 2.38. The van der Waals surface area contributed by atoms with Gasteiger partial charge in [0, 0.05) is 30.1 Å². The Bertz CT molecular complexity index is 1400. The van der Waals surface area contributed by atoms with E-state index >= 15 is 0 Å². The first-order valence-electron chi connectivity index (χ1n) is 12.4. The van der Waals surface area contributed by atoms with Gasteiger partial charge >= 0.3 is 12.3 Å². The summed E-state index contributed by atoms with van der Waals surface area (Å²) < 4.78 is 45.0. The number of carbonyl (C=O) groups excluding carboxylic acids is 2. The van der Waals surface area contributed by atoms with Crippen molar-refractivity contribution >= 4 is 29.3 Å². The average molecular weight is 543 g/mol. The van der Waals surface area contributed by atoms with Gasteiger partial charge in [0.05, 0.1) is 34.7 Å². The van der Waals surface area contributed by atoms with Gasteiger partial charge in [-0.2, -0.15) is 13.2 Å². The molecule has 3 N–H and O–H groups in total. The van der Waals surface area contributed by atoms with Gasteiger partial charge in [-0.3, -0.25) is 9.78 Å². The van der Waals surface area contributed by atoms with Gasteiger partial charge in [0.15, 0.2) is 0 Å². The van der Waals surface area contributed by atoms with Crippen molar-refractivity contribution < 1.29 is 27.5 Å². The lowest BCUT2D eigenvalue weighted by Crippen LogP contribution is -2.33. The third-order valence-electron chi connectivity index (χ3n) is 5.79.